The van der Waals surface area contributed by atoms with Crippen molar-refractivity contribution in [2.75, 3.05) is 10.6 Å². The van der Waals surface area contributed by atoms with Crippen LogP contribution < -0.4 is 10.6 Å². The van der Waals surface area contributed by atoms with Gasteiger partial charge in [0.2, 0.25) is 5.89 Å². The normalized spacial score (nSPS) is 10.6. The Morgan fingerprint density at radius 1 is 1.32 bits per heavy atom. The average molecular weight is 439 g/mol. The van der Waals surface area contributed by atoms with E-state index in [0.717, 1.165) is 20.9 Å². The van der Waals surface area contributed by atoms with E-state index in [1.165, 1.54) is 11.3 Å². The van der Waals surface area contributed by atoms with Gasteiger partial charge in [-0.1, -0.05) is 40.3 Å². The van der Waals surface area contributed by atoms with E-state index in [9.17, 15) is 4.79 Å². The first-order valence-electron chi connectivity index (χ1n) is 7.48. The molecule has 0 saturated carbocycles. The van der Waals surface area contributed by atoms with Crippen molar-refractivity contribution in [3.8, 4) is 0 Å². The van der Waals surface area contributed by atoms with E-state index in [2.05, 4.69) is 36.5 Å². The minimum absolute atomic E-state index is 0.329. The first-order chi connectivity index (χ1) is 12.1. The van der Waals surface area contributed by atoms with Crippen molar-refractivity contribution in [1.82, 2.24) is 9.97 Å². The smallest absolute Gasteiger partial charge is 0.325 e. The van der Waals surface area contributed by atoms with E-state index in [4.69, 9.17) is 4.42 Å². The molecule has 6 nitrogen and oxygen atoms in total. The van der Waals surface area contributed by atoms with Gasteiger partial charge in [0.25, 0.3) is 0 Å². The molecule has 0 unspecified atom stereocenters. The third-order valence-electron chi connectivity index (χ3n) is 3.08. The first kappa shape index (κ1) is 18.0. The molecule has 2 N–H and O–H groups in total. The van der Waals surface area contributed by atoms with Gasteiger partial charge in [-0.3, -0.25) is 5.32 Å². The van der Waals surface area contributed by atoms with Crippen molar-refractivity contribution >= 4 is 55.9 Å². The first-order valence-corrected chi connectivity index (χ1v) is 10.1. The fourth-order valence-electron chi connectivity index (χ4n) is 1.92. The molecular formula is C16H15BrN4O2S2. The molecule has 130 valence electrons. The molecule has 0 bridgehead atoms. The summed E-state index contributed by atoms with van der Waals surface area (Å²) >= 11 is 6.35. The molecule has 25 heavy (non-hydrogen) atoms. The van der Waals surface area contributed by atoms with Crippen molar-refractivity contribution in [2.45, 2.75) is 23.3 Å². The van der Waals surface area contributed by atoms with Crippen molar-refractivity contribution in [3.63, 3.8) is 0 Å². The number of aryl methyl sites for hydroxylation is 1. The molecule has 0 saturated heterocycles. The molecule has 0 aliphatic carbocycles. The number of amides is 2. The van der Waals surface area contributed by atoms with Crippen LogP contribution in [0.25, 0.3) is 0 Å². The fourth-order valence-corrected chi connectivity index (χ4v) is 4.04. The van der Waals surface area contributed by atoms with Gasteiger partial charge < -0.3 is 9.73 Å². The molecular weight excluding hydrogens is 424 g/mol. The summed E-state index contributed by atoms with van der Waals surface area (Å²) in [4.78, 5) is 20.5. The predicted octanol–water partition coefficient (Wildman–Crippen LogP) is 5.39. The third kappa shape index (κ3) is 5.32. The van der Waals surface area contributed by atoms with Gasteiger partial charge >= 0.3 is 6.03 Å². The number of hydrogen-bond acceptors (Lipinski definition) is 6. The molecule has 0 spiro atoms. The molecule has 0 radical (unpaired) electrons. The lowest BCUT2D eigenvalue weighted by Crippen LogP contribution is -2.19. The van der Waals surface area contributed by atoms with Crippen LogP contribution in [0.5, 0.6) is 0 Å². The maximum absolute atomic E-state index is 12.0. The van der Waals surface area contributed by atoms with Gasteiger partial charge in [0.15, 0.2) is 5.13 Å². The molecule has 2 heterocycles. The van der Waals surface area contributed by atoms with Gasteiger partial charge in [-0.2, -0.15) is 0 Å². The number of urea groups is 1. The number of halogens is 1. The van der Waals surface area contributed by atoms with E-state index in [0.29, 0.717) is 22.5 Å². The number of rotatable bonds is 6. The summed E-state index contributed by atoms with van der Waals surface area (Å²) in [5.74, 6) is 2.20. The molecule has 0 aliphatic heterocycles. The Kier molecular flexibility index (Phi) is 6.11. The number of thioether (sulfide) groups is 1. The highest BCUT2D eigenvalue weighted by Gasteiger charge is 2.09. The highest BCUT2D eigenvalue weighted by atomic mass is 79.9. The Hall–Kier alpha value is -1.84. The lowest BCUT2D eigenvalue weighted by Gasteiger charge is -2.05. The highest BCUT2D eigenvalue weighted by Crippen LogP contribution is 2.30. The number of benzene rings is 1. The van der Waals surface area contributed by atoms with Crippen molar-refractivity contribution in [1.29, 1.82) is 0 Å². The summed E-state index contributed by atoms with van der Waals surface area (Å²) in [7, 11) is 0. The molecule has 0 fully saturated rings. The SMILES string of the molecule is CCc1cnc(CSc2cnc(NC(=O)Nc3cccc(Br)c3)s2)o1. The summed E-state index contributed by atoms with van der Waals surface area (Å²) in [5, 5.41) is 6.03. The number of carbonyl (C=O) groups is 1. The highest BCUT2D eigenvalue weighted by molar-refractivity contribution is 9.10. The van der Waals surface area contributed by atoms with Gasteiger partial charge in [-0.05, 0) is 18.2 Å². The van der Waals surface area contributed by atoms with E-state index in [1.54, 1.807) is 24.2 Å². The van der Waals surface area contributed by atoms with E-state index >= 15 is 0 Å². The van der Waals surface area contributed by atoms with E-state index in [-0.39, 0.29) is 6.03 Å². The van der Waals surface area contributed by atoms with Crippen LogP contribution in [0.3, 0.4) is 0 Å². The summed E-state index contributed by atoms with van der Waals surface area (Å²) in [5.41, 5.74) is 0.702. The Morgan fingerprint density at radius 3 is 2.96 bits per heavy atom. The maximum Gasteiger partial charge on any atom is 0.325 e. The molecule has 3 aromatic rings. The molecule has 0 atom stereocenters. The fraction of sp³-hybridized carbons (Fsp3) is 0.188. The minimum atomic E-state index is -0.329. The second-order valence-corrected chi connectivity index (χ2v) is 8.16. The summed E-state index contributed by atoms with van der Waals surface area (Å²) in [6.45, 7) is 2.03. The number of nitrogens with zero attached hydrogens (tertiary/aromatic N) is 2. The number of anilines is 2. The van der Waals surface area contributed by atoms with E-state index in [1.807, 2.05) is 31.2 Å². The topological polar surface area (TPSA) is 80.0 Å². The van der Waals surface area contributed by atoms with Crippen molar-refractivity contribution < 1.29 is 9.21 Å². The zero-order valence-corrected chi connectivity index (χ0v) is 16.5. The minimum Gasteiger partial charge on any atom is -0.445 e. The standard InChI is InChI=1S/C16H15BrN4O2S2/c1-2-12-7-18-13(23-12)9-24-14-8-19-16(25-14)21-15(22)20-11-5-3-4-10(17)6-11/h3-8H,2,9H2,1H3,(H2,19,20,21,22). The average Bonchev–Trinajstić information content (AvgIpc) is 3.21. The molecule has 3 rings (SSSR count). The molecule has 2 amide bonds. The van der Waals surface area contributed by atoms with Crippen LogP contribution in [0.1, 0.15) is 18.6 Å². The maximum atomic E-state index is 12.0. The summed E-state index contributed by atoms with van der Waals surface area (Å²) in [6.07, 6.45) is 4.31. The Labute approximate surface area is 161 Å². The van der Waals surface area contributed by atoms with Crippen LogP contribution in [-0.2, 0) is 12.2 Å². The number of hydrogen-bond donors (Lipinski definition) is 2. The van der Waals surface area contributed by atoms with Crippen LogP contribution in [0.4, 0.5) is 15.6 Å². The number of carbonyl (C=O) groups excluding carboxylic acids is 1. The molecule has 9 heteroatoms. The number of oxazole rings is 1. The quantitative estimate of drug-likeness (QED) is 0.504. The van der Waals surface area contributed by atoms with Gasteiger partial charge in [-0.15, -0.1) is 11.8 Å². The second kappa shape index (κ2) is 8.50. The lowest BCUT2D eigenvalue weighted by atomic mass is 10.3. The van der Waals surface area contributed by atoms with Crippen molar-refractivity contribution in [3.05, 3.63) is 52.8 Å². The number of nitrogens with one attached hydrogen (secondary N) is 2. The second-order valence-electron chi connectivity index (χ2n) is 4.94. The Bertz CT molecular complexity index is 865. The van der Waals surface area contributed by atoms with Gasteiger partial charge in [-0.25, -0.2) is 14.8 Å². The zero-order chi connectivity index (χ0) is 17.6. The van der Waals surface area contributed by atoms with Crippen LogP contribution in [0.2, 0.25) is 0 Å². The van der Waals surface area contributed by atoms with Crippen LogP contribution in [-0.4, -0.2) is 16.0 Å². The van der Waals surface area contributed by atoms with Crippen LogP contribution >= 0.6 is 39.0 Å². The third-order valence-corrected chi connectivity index (χ3v) is 5.66. The van der Waals surface area contributed by atoms with Crippen molar-refractivity contribution in [2.24, 2.45) is 0 Å². The predicted molar refractivity (Wildman–Crippen MR) is 104 cm³/mol. The summed E-state index contributed by atoms with van der Waals surface area (Å²) in [6, 6.07) is 7.05. The number of thiazole rings is 1. The van der Waals surface area contributed by atoms with E-state index < -0.39 is 0 Å². The molecule has 0 aliphatic rings. The van der Waals surface area contributed by atoms with Gasteiger partial charge in [0, 0.05) is 16.6 Å². The largest absolute Gasteiger partial charge is 0.445 e. The van der Waals surface area contributed by atoms with Gasteiger partial charge in [0.1, 0.15) is 5.76 Å². The van der Waals surface area contributed by atoms with Crippen LogP contribution in [0, 0.1) is 0 Å². The van der Waals surface area contributed by atoms with Crippen LogP contribution in [0.15, 0.2) is 49.8 Å². The number of aromatic nitrogens is 2. The monoisotopic (exact) mass is 438 g/mol. The summed E-state index contributed by atoms with van der Waals surface area (Å²) < 4.78 is 7.45. The Balaban J connectivity index is 1.51. The molecule has 1 aromatic carbocycles. The Morgan fingerprint density at radius 2 is 2.20 bits per heavy atom. The molecule has 2 aromatic heterocycles. The lowest BCUT2D eigenvalue weighted by molar-refractivity contribution is 0.262. The zero-order valence-electron chi connectivity index (χ0n) is 13.3. The van der Waals surface area contributed by atoms with Gasteiger partial charge in [0.05, 0.1) is 22.4 Å².